The summed E-state index contributed by atoms with van der Waals surface area (Å²) >= 11 is 0.786. The van der Waals surface area contributed by atoms with Crippen molar-refractivity contribution in [3.8, 4) is 11.8 Å². The number of hydrogen-bond acceptors (Lipinski definition) is 6. The molecule has 8 heteroatoms. The predicted octanol–water partition coefficient (Wildman–Crippen LogP) is 3.26. The van der Waals surface area contributed by atoms with E-state index in [1.54, 1.807) is 48.5 Å². The normalized spacial score (nSPS) is 15.0. The van der Waals surface area contributed by atoms with Crippen LogP contribution < -0.4 is 4.74 Å². The number of aliphatic carboxylic acids is 1. The van der Waals surface area contributed by atoms with Crippen LogP contribution in [0.5, 0.6) is 5.75 Å². The number of imide groups is 1. The Balaban J connectivity index is 1.84. The van der Waals surface area contributed by atoms with Crippen molar-refractivity contribution in [1.82, 2.24) is 4.90 Å². The van der Waals surface area contributed by atoms with Crippen molar-refractivity contribution in [3.05, 3.63) is 70.1 Å². The van der Waals surface area contributed by atoms with Gasteiger partial charge in [0.1, 0.15) is 5.75 Å². The summed E-state index contributed by atoms with van der Waals surface area (Å²) in [5.41, 5.74) is 1.48. The van der Waals surface area contributed by atoms with Crippen LogP contribution in [-0.4, -0.2) is 33.7 Å². The van der Waals surface area contributed by atoms with Gasteiger partial charge in [0.15, 0.2) is 6.61 Å². The molecule has 1 aliphatic heterocycles. The van der Waals surface area contributed by atoms with Gasteiger partial charge in [0.2, 0.25) is 0 Å². The third kappa shape index (κ3) is 4.22. The standard InChI is InChI=1S/C20H14N2O5S/c21-10-14-6-1-2-7-15(14)11-22-19(25)17(28-20(22)26)9-13-5-3-4-8-16(13)27-12-18(23)24/h1-9H,11-12H2,(H,23,24)/b17-9+. The second-order valence-electron chi connectivity index (χ2n) is 5.76. The van der Waals surface area contributed by atoms with Crippen molar-refractivity contribution < 1.29 is 24.2 Å². The third-order valence-electron chi connectivity index (χ3n) is 3.90. The molecule has 2 aromatic carbocycles. The Morgan fingerprint density at radius 2 is 1.89 bits per heavy atom. The van der Waals surface area contributed by atoms with Crippen LogP contribution in [0.15, 0.2) is 53.4 Å². The van der Waals surface area contributed by atoms with Gasteiger partial charge in [-0.2, -0.15) is 5.26 Å². The molecule has 0 bridgehead atoms. The number of carboxylic acids is 1. The van der Waals surface area contributed by atoms with Crippen LogP contribution in [0.4, 0.5) is 4.79 Å². The van der Waals surface area contributed by atoms with E-state index in [1.807, 2.05) is 6.07 Å². The average molecular weight is 394 g/mol. The second kappa shape index (κ2) is 8.41. The highest BCUT2D eigenvalue weighted by Crippen LogP contribution is 2.35. The lowest BCUT2D eigenvalue weighted by atomic mass is 10.1. The van der Waals surface area contributed by atoms with Gasteiger partial charge in [-0.1, -0.05) is 36.4 Å². The van der Waals surface area contributed by atoms with Crippen LogP contribution in [0.1, 0.15) is 16.7 Å². The summed E-state index contributed by atoms with van der Waals surface area (Å²) in [5.74, 6) is -1.30. The lowest BCUT2D eigenvalue weighted by Gasteiger charge is -2.13. The number of para-hydroxylation sites is 1. The molecule has 1 N–H and O–H groups in total. The first-order valence-electron chi connectivity index (χ1n) is 8.16. The van der Waals surface area contributed by atoms with Crippen molar-refractivity contribution in [2.45, 2.75) is 6.54 Å². The molecule has 0 atom stereocenters. The molecule has 0 spiro atoms. The van der Waals surface area contributed by atoms with Gasteiger partial charge in [0.05, 0.1) is 23.1 Å². The number of carboxylic acid groups (broad SMARTS) is 1. The highest BCUT2D eigenvalue weighted by molar-refractivity contribution is 8.18. The molecule has 1 saturated heterocycles. The molecule has 28 heavy (non-hydrogen) atoms. The van der Waals surface area contributed by atoms with Gasteiger partial charge in [-0.3, -0.25) is 14.5 Å². The van der Waals surface area contributed by atoms with E-state index < -0.39 is 23.7 Å². The van der Waals surface area contributed by atoms with Gasteiger partial charge < -0.3 is 9.84 Å². The number of hydrogen-bond donors (Lipinski definition) is 1. The molecule has 140 valence electrons. The van der Waals surface area contributed by atoms with E-state index >= 15 is 0 Å². The molecule has 0 saturated carbocycles. The molecule has 1 aliphatic rings. The first-order valence-corrected chi connectivity index (χ1v) is 8.98. The maximum atomic E-state index is 12.7. The van der Waals surface area contributed by atoms with Gasteiger partial charge in [0.25, 0.3) is 11.1 Å². The summed E-state index contributed by atoms with van der Waals surface area (Å²) < 4.78 is 5.22. The van der Waals surface area contributed by atoms with Crippen molar-refractivity contribution in [1.29, 1.82) is 5.26 Å². The van der Waals surface area contributed by atoms with E-state index in [1.165, 1.54) is 6.08 Å². The molecule has 0 unspecified atom stereocenters. The Morgan fingerprint density at radius 3 is 2.64 bits per heavy atom. The van der Waals surface area contributed by atoms with Gasteiger partial charge in [0, 0.05) is 5.56 Å². The zero-order chi connectivity index (χ0) is 20.1. The van der Waals surface area contributed by atoms with E-state index in [9.17, 15) is 19.6 Å². The molecule has 0 aliphatic carbocycles. The highest BCUT2D eigenvalue weighted by atomic mass is 32.2. The highest BCUT2D eigenvalue weighted by Gasteiger charge is 2.35. The van der Waals surface area contributed by atoms with Crippen LogP contribution in [-0.2, 0) is 16.1 Å². The van der Waals surface area contributed by atoms with E-state index in [-0.39, 0.29) is 11.4 Å². The van der Waals surface area contributed by atoms with E-state index in [0.29, 0.717) is 22.4 Å². The molecular weight excluding hydrogens is 380 g/mol. The third-order valence-corrected chi connectivity index (χ3v) is 4.80. The number of benzene rings is 2. The number of carbonyl (C=O) groups is 3. The first-order chi connectivity index (χ1) is 13.5. The Hall–Kier alpha value is -3.57. The molecular formula is C20H14N2O5S. The minimum atomic E-state index is -1.12. The topological polar surface area (TPSA) is 108 Å². The molecule has 2 aromatic rings. The Kier molecular flexibility index (Phi) is 5.77. The zero-order valence-electron chi connectivity index (χ0n) is 14.5. The van der Waals surface area contributed by atoms with Crippen LogP contribution in [0, 0.1) is 11.3 Å². The number of thioether (sulfide) groups is 1. The lowest BCUT2D eigenvalue weighted by Crippen LogP contribution is -2.27. The van der Waals surface area contributed by atoms with E-state index in [2.05, 4.69) is 0 Å². The number of rotatable bonds is 6. The van der Waals surface area contributed by atoms with Crippen molar-refractivity contribution >= 4 is 35.0 Å². The number of carbonyl (C=O) groups excluding carboxylic acids is 2. The molecule has 2 amide bonds. The number of nitrogens with zero attached hydrogens (tertiary/aromatic N) is 2. The average Bonchev–Trinajstić information content (AvgIpc) is 2.95. The molecule has 1 heterocycles. The summed E-state index contributed by atoms with van der Waals surface area (Å²) in [6.45, 7) is -0.514. The minimum Gasteiger partial charge on any atom is -0.481 e. The Bertz CT molecular complexity index is 1030. The van der Waals surface area contributed by atoms with Gasteiger partial charge in [-0.25, -0.2) is 4.79 Å². The predicted molar refractivity (Wildman–Crippen MR) is 102 cm³/mol. The summed E-state index contributed by atoms with van der Waals surface area (Å²) in [6, 6.07) is 15.5. The Morgan fingerprint density at radius 1 is 1.18 bits per heavy atom. The number of amides is 2. The molecule has 7 nitrogen and oxygen atoms in total. The molecule has 0 radical (unpaired) electrons. The minimum absolute atomic E-state index is 0.00288. The SMILES string of the molecule is N#Cc1ccccc1CN1C(=O)S/C(=C/c2ccccc2OCC(=O)O)C1=O. The Labute approximate surface area is 164 Å². The van der Waals surface area contributed by atoms with Crippen molar-refractivity contribution in [3.63, 3.8) is 0 Å². The second-order valence-corrected chi connectivity index (χ2v) is 6.75. The maximum Gasteiger partial charge on any atom is 0.341 e. The van der Waals surface area contributed by atoms with Gasteiger partial charge in [-0.15, -0.1) is 0 Å². The van der Waals surface area contributed by atoms with E-state index in [0.717, 1.165) is 16.7 Å². The smallest absolute Gasteiger partial charge is 0.341 e. The molecule has 0 aromatic heterocycles. The van der Waals surface area contributed by atoms with Crippen molar-refractivity contribution in [2.24, 2.45) is 0 Å². The summed E-state index contributed by atoms with van der Waals surface area (Å²) in [4.78, 5) is 37.0. The zero-order valence-corrected chi connectivity index (χ0v) is 15.3. The summed E-state index contributed by atoms with van der Waals surface area (Å²) in [6.07, 6.45) is 1.50. The van der Waals surface area contributed by atoms with Gasteiger partial charge >= 0.3 is 5.97 Å². The largest absolute Gasteiger partial charge is 0.481 e. The quantitative estimate of drug-likeness (QED) is 0.749. The first kappa shape index (κ1) is 19.2. The van der Waals surface area contributed by atoms with Crippen molar-refractivity contribution in [2.75, 3.05) is 6.61 Å². The van der Waals surface area contributed by atoms with Crippen LogP contribution in [0.3, 0.4) is 0 Å². The maximum absolute atomic E-state index is 12.7. The monoisotopic (exact) mass is 394 g/mol. The van der Waals surface area contributed by atoms with Crippen LogP contribution in [0.25, 0.3) is 6.08 Å². The summed E-state index contributed by atoms with van der Waals surface area (Å²) in [7, 11) is 0. The fourth-order valence-corrected chi connectivity index (χ4v) is 3.42. The number of ether oxygens (including phenoxy) is 1. The fourth-order valence-electron chi connectivity index (χ4n) is 2.59. The fraction of sp³-hybridized carbons (Fsp3) is 0.100. The molecule has 1 fully saturated rings. The lowest BCUT2D eigenvalue weighted by molar-refractivity contribution is -0.139. The molecule has 3 rings (SSSR count). The summed E-state index contributed by atoms with van der Waals surface area (Å²) in [5, 5.41) is 17.5. The number of nitriles is 1. The van der Waals surface area contributed by atoms with Gasteiger partial charge in [-0.05, 0) is 35.5 Å². The van der Waals surface area contributed by atoms with E-state index in [4.69, 9.17) is 9.84 Å². The van der Waals surface area contributed by atoms with Crippen LogP contribution >= 0.6 is 11.8 Å². The van der Waals surface area contributed by atoms with Crippen LogP contribution in [0.2, 0.25) is 0 Å².